The fourth-order valence-electron chi connectivity index (χ4n) is 1.99. The number of hydrogen-bond acceptors (Lipinski definition) is 3. The van der Waals surface area contributed by atoms with Gasteiger partial charge in [0.05, 0.1) is 18.7 Å². The quantitative estimate of drug-likeness (QED) is 0.670. The second-order valence-electron chi connectivity index (χ2n) is 4.84. The molecule has 3 nitrogen and oxygen atoms in total. The molecule has 20 heavy (non-hydrogen) atoms. The van der Waals surface area contributed by atoms with Crippen LogP contribution in [0.3, 0.4) is 0 Å². The lowest BCUT2D eigenvalue weighted by Crippen LogP contribution is -2.39. The van der Waals surface area contributed by atoms with Crippen molar-refractivity contribution in [3.05, 3.63) is 29.6 Å². The number of nitrogens with zero attached hydrogens (tertiary/aromatic N) is 1. The summed E-state index contributed by atoms with van der Waals surface area (Å²) in [6.07, 6.45) is -3.18. The molecule has 1 aromatic carbocycles. The van der Waals surface area contributed by atoms with Crippen LogP contribution in [0, 0.1) is 5.82 Å². The van der Waals surface area contributed by atoms with Crippen LogP contribution in [0.15, 0.2) is 18.2 Å². The summed E-state index contributed by atoms with van der Waals surface area (Å²) in [5.74, 6) is -1.88. The maximum absolute atomic E-state index is 13.0. The van der Waals surface area contributed by atoms with Gasteiger partial charge in [-0.15, -0.1) is 0 Å². The number of hydrogen-bond donors (Lipinski definition) is 1. The Bertz CT molecular complexity index is 512. The highest BCUT2D eigenvalue weighted by atomic mass is 19.4. The standard InChI is InChI=1S/C13H13F4NO2/c14-8-1-4-11(19)10(5-8)12(20)6-18(9-2-3-9)7-13(15,16)17/h1,4-5,9,19H,2-3,6-7H2. The van der Waals surface area contributed by atoms with Gasteiger partial charge < -0.3 is 5.11 Å². The highest BCUT2D eigenvalue weighted by Crippen LogP contribution is 2.30. The zero-order chi connectivity index (χ0) is 14.9. The summed E-state index contributed by atoms with van der Waals surface area (Å²) in [5.41, 5.74) is -0.294. The first kappa shape index (κ1) is 14.8. The summed E-state index contributed by atoms with van der Waals surface area (Å²) >= 11 is 0. The third-order valence-corrected chi connectivity index (χ3v) is 3.05. The molecule has 0 aliphatic heterocycles. The monoisotopic (exact) mass is 291 g/mol. The van der Waals surface area contributed by atoms with E-state index in [0.717, 1.165) is 23.1 Å². The minimum atomic E-state index is -4.40. The van der Waals surface area contributed by atoms with Crippen LogP contribution in [0.4, 0.5) is 17.6 Å². The number of benzene rings is 1. The zero-order valence-electron chi connectivity index (χ0n) is 10.5. The number of carbonyl (C=O) groups excluding carboxylic acids is 1. The van der Waals surface area contributed by atoms with Gasteiger partial charge in [-0.25, -0.2) is 4.39 Å². The number of aromatic hydroxyl groups is 1. The second-order valence-corrected chi connectivity index (χ2v) is 4.84. The van der Waals surface area contributed by atoms with E-state index in [1.54, 1.807) is 0 Å². The largest absolute Gasteiger partial charge is 0.507 e. The minimum absolute atomic E-state index is 0.267. The van der Waals surface area contributed by atoms with E-state index in [9.17, 15) is 27.5 Å². The molecule has 1 aliphatic carbocycles. The van der Waals surface area contributed by atoms with E-state index < -0.39 is 36.6 Å². The van der Waals surface area contributed by atoms with E-state index in [1.165, 1.54) is 0 Å². The first-order valence-electron chi connectivity index (χ1n) is 6.09. The van der Waals surface area contributed by atoms with E-state index in [0.29, 0.717) is 12.8 Å². The molecular weight excluding hydrogens is 278 g/mol. The van der Waals surface area contributed by atoms with E-state index in [2.05, 4.69) is 0 Å². The lowest BCUT2D eigenvalue weighted by molar-refractivity contribution is -0.145. The fourth-order valence-corrected chi connectivity index (χ4v) is 1.99. The van der Waals surface area contributed by atoms with E-state index in [4.69, 9.17) is 0 Å². The molecule has 0 heterocycles. The number of rotatable bonds is 5. The summed E-state index contributed by atoms with van der Waals surface area (Å²) in [7, 11) is 0. The second kappa shape index (κ2) is 5.40. The summed E-state index contributed by atoms with van der Waals surface area (Å²) in [5, 5.41) is 9.48. The molecule has 0 aromatic heterocycles. The first-order valence-corrected chi connectivity index (χ1v) is 6.09. The van der Waals surface area contributed by atoms with Crippen LogP contribution in [-0.2, 0) is 0 Å². The van der Waals surface area contributed by atoms with Gasteiger partial charge in [0.15, 0.2) is 5.78 Å². The number of ketones is 1. The molecule has 0 radical (unpaired) electrons. The predicted octanol–water partition coefficient (Wildman–Crippen LogP) is 2.74. The lowest BCUT2D eigenvalue weighted by atomic mass is 10.1. The number of phenols is 1. The van der Waals surface area contributed by atoms with Crippen molar-refractivity contribution in [1.29, 1.82) is 0 Å². The van der Waals surface area contributed by atoms with Crippen molar-refractivity contribution in [2.45, 2.75) is 25.1 Å². The van der Waals surface area contributed by atoms with Crippen molar-refractivity contribution in [2.75, 3.05) is 13.1 Å². The molecule has 1 aliphatic rings. The molecule has 1 saturated carbocycles. The van der Waals surface area contributed by atoms with Crippen molar-refractivity contribution in [1.82, 2.24) is 4.90 Å². The molecule has 0 amide bonds. The number of Topliss-reactive ketones (excluding diaryl/α,β-unsaturated/α-hetero) is 1. The van der Waals surface area contributed by atoms with Crippen molar-refractivity contribution in [2.24, 2.45) is 0 Å². The summed E-state index contributed by atoms with van der Waals surface area (Å²) < 4.78 is 50.3. The third-order valence-electron chi connectivity index (χ3n) is 3.05. The first-order chi connectivity index (χ1) is 9.26. The molecule has 110 valence electrons. The number of phenolic OH excluding ortho intramolecular Hbond substituents is 1. The van der Waals surface area contributed by atoms with Crippen LogP contribution in [0.5, 0.6) is 5.75 Å². The van der Waals surface area contributed by atoms with Gasteiger partial charge in [0.25, 0.3) is 0 Å². The van der Waals surface area contributed by atoms with Gasteiger partial charge in [0.2, 0.25) is 0 Å². The van der Waals surface area contributed by atoms with Gasteiger partial charge >= 0.3 is 6.18 Å². The highest BCUT2D eigenvalue weighted by Gasteiger charge is 2.39. The summed E-state index contributed by atoms with van der Waals surface area (Å²) in [6.45, 7) is -1.67. The Morgan fingerprint density at radius 2 is 2.00 bits per heavy atom. The van der Waals surface area contributed by atoms with Crippen LogP contribution in [0.2, 0.25) is 0 Å². The predicted molar refractivity (Wildman–Crippen MR) is 63.0 cm³/mol. The number of halogens is 4. The van der Waals surface area contributed by atoms with Crippen LogP contribution in [-0.4, -0.2) is 41.1 Å². The van der Waals surface area contributed by atoms with Gasteiger partial charge in [-0.2, -0.15) is 13.2 Å². The normalized spacial score (nSPS) is 15.7. The Labute approximate surface area is 112 Å². The van der Waals surface area contributed by atoms with E-state index in [-0.39, 0.29) is 11.6 Å². The van der Waals surface area contributed by atoms with Crippen LogP contribution in [0.25, 0.3) is 0 Å². The SMILES string of the molecule is O=C(CN(CC(F)(F)F)C1CC1)c1cc(F)ccc1O. The molecule has 0 saturated heterocycles. The molecular formula is C13H13F4NO2. The molecule has 2 rings (SSSR count). The minimum Gasteiger partial charge on any atom is -0.507 e. The van der Waals surface area contributed by atoms with Crippen molar-refractivity contribution < 1.29 is 27.5 Å². The smallest absolute Gasteiger partial charge is 0.401 e. The topological polar surface area (TPSA) is 40.5 Å². The van der Waals surface area contributed by atoms with Crippen LogP contribution < -0.4 is 0 Å². The fraction of sp³-hybridized carbons (Fsp3) is 0.462. The van der Waals surface area contributed by atoms with Crippen LogP contribution in [0.1, 0.15) is 23.2 Å². The molecule has 7 heteroatoms. The van der Waals surface area contributed by atoms with Crippen molar-refractivity contribution in [3.8, 4) is 5.75 Å². The van der Waals surface area contributed by atoms with Gasteiger partial charge in [-0.05, 0) is 31.0 Å². The Kier molecular flexibility index (Phi) is 3.99. The molecule has 1 fully saturated rings. The summed E-state index contributed by atoms with van der Waals surface area (Å²) in [6, 6.07) is 2.54. The third kappa shape index (κ3) is 3.93. The van der Waals surface area contributed by atoms with Crippen molar-refractivity contribution in [3.63, 3.8) is 0 Å². The molecule has 1 N–H and O–H groups in total. The molecule has 1 aromatic rings. The number of carbonyl (C=O) groups is 1. The van der Waals surface area contributed by atoms with Crippen molar-refractivity contribution >= 4 is 5.78 Å². The Morgan fingerprint density at radius 3 is 2.55 bits per heavy atom. The number of alkyl halides is 3. The average Bonchev–Trinajstić information content (AvgIpc) is 3.13. The van der Waals surface area contributed by atoms with Gasteiger partial charge in [0.1, 0.15) is 11.6 Å². The van der Waals surface area contributed by atoms with Gasteiger partial charge in [0, 0.05) is 6.04 Å². The highest BCUT2D eigenvalue weighted by molar-refractivity contribution is 6.00. The van der Waals surface area contributed by atoms with Gasteiger partial charge in [-0.1, -0.05) is 0 Å². The Balaban J connectivity index is 2.10. The Hall–Kier alpha value is -1.63. The molecule has 0 atom stereocenters. The zero-order valence-corrected chi connectivity index (χ0v) is 10.5. The van der Waals surface area contributed by atoms with Crippen LogP contribution >= 0.6 is 0 Å². The molecule has 0 unspecified atom stereocenters. The van der Waals surface area contributed by atoms with E-state index >= 15 is 0 Å². The average molecular weight is 291 g/mol. The maximum atomic E-state index is 13.0. The van der Waals surface area contributed by atoms with Gasteiger partial charge in [-0.3, -0.25) is 9.69 Å². The lowest BCUT2D eigenvalue weighted by Gasteiger charge is -2.22. The Morgan fingerprint density at radius 1 is 1.35 bits per heavy atom. The summed E-state index contributed by atoms with van der Waals surface area (Å²) in [4.78, 5) is 12.9. The molecule has 0 bridgehead atoms. The van der Waals surface area contributed by atoms with E-state index in [1.807, 2.05) is 0 Å². The molecule has 0 spiro atoms. The maximum Gasteiger partial charge on any atom is 0.401 e.